The summed E-state index contributed by atoms with van der Waals surface area (Å²) in [4.78, 5) is 4.77. The van der Waals surface area contributed by atoms with E-state index in [-0.39, 0.29) is 0 Å². The Labute approximate surface area is 104 Å². The van der Waals surface area contributed by atoms with Crippen molar-refractivity contribution in [2.75, 3.05) is 0 Å². The fourth-order valence-corrected chi connectivity index (χ4v) is 2.22. The largest absolute Gasteiger partial charge is 0.328 e. The number of para-hydroxylation sites is 2. The number of hydrogen-bond acceptors (Lipinski definition) is 1. The molecule has 0 aliphatic rings. The maximum atomic E-state index is 4.77. The molecule has 0 aliphatic carbocycles. The van der Waals surface area contributed by atoms with Gasteiger partial charge in [0.2, 0.25) is 0 Å². The average molecular weight is 230 g/mol. The van der Waals surface area contributed by atoms with Gasteiger partial charge < -0.3 is 4.57 Å². The van der Waals surface area contributed by atoms with Crippen LogP contribution in [0.4, 0.5) is 0 Å². The maximum absolute atomic E-state index is 4.77. The maximum Gasteiger partial charge on any atom is 0.110 e. The standard InChI is InChI=1S/C15H22N2/c1-11(2)9-15-16-13-7-5-6-8-14(13)17(15)10-12(3)4/h5-8,11-12H,9-10H2,1-4H3. The second-order valence-electron chi connectivity index (χ2n) is 5.62. The molecule has 0 fully saturated rings. The van der Waals surface area contributed by atoms with Crippen molar-refractivity contribution in [2.45, 2.75) is 40.7 Å². The Kier molecular flexibility index (Phi) is 3.51. The van der Waals surface area contributed by atoms with Gasteiger partial charge in [0, 0.05) is 13.0 Å². The van der Waals surface area contributed by atoms with E-state index in [2.05, 4.69) is 56.5 Å². The predicted octanol–water partition coefficient (Wildman–Crippen LogP) is 3.89. The molecule has 0 bridgehead atoms. The minimum Gasteiger partial charge on any atom is -0.328 e. The number of benzene rings is 1. The van der Waals surface area contributed by atoms with Crippen molar-refractivity contribution in [3.63, 3.8) is 0 Å². The fraction of sp³-hybridized carbons (Fsp3) is 0.533. The molecule has 2 heteroatoms. The van der Waals surface area contributed by atoms with Crippen molar-refractivity contribution >= 4 is 11.0 Å². The second kappa shape index (κ2) is 4.91. The highest BCUT2D eigenvalue weighted by Crippen LogP contribution is 2.19. The monoisotopic (exact) mass is 230 g/mol. The van der Waals surface area contributed by atoms with Crippen LogP contribution >= 0.6 is 0 Å². The van der Waals surface area contributed by atoms with E-state index in [1.165, 1.54) is 11.3 Å². The normalized spacial score (nSPS) is 11.9. The Morgan fingerprint density at radius 1 is 1.06 bits per heavy atom. The summed E-state index contributed by atoms with van der Waals surface area (Å²) >= 11 is 0. The van der Waals surface area contributed by atoms with Gasteiger partial charge in [0.15, 0.2) is 0 Å². The van der Waals surface area contributed by atoms with Crippen LogP contribution < -0.4 is 0 Å². The van der Waals surface area contributed by atoms with Gasteiger partial charge in [-0.2, -0.15) is 0 Å². The lowest BCUT2D eigenvalue weighted by Crippen LogP contribution is -2.10. The zero-order chi connectivity index (χ0) is 12.4. The highest BCUT2D eigenvalue weighted by molar-refractivity contribution is 5.75. The summed E-state index contributed by atoms with van der Waals surface area (Å²) in [6, 6.07) is 8.44. The molecule has 2 aromatic rings. The van der Waals surface area contributed by atoms with Gasteiger partial charge in [-0.15, -0.1) is 0 Å². The molecule has 92 valence electrons. The molecule has 1 aromatic heterocycles. The topological polar surface area (TPSA) is 17.8 Å². The van der Waals surface area contributed by atoms with E-state index in [4.69, 9.17) is 4.98 Å². The average Bonchev–Trinajstić information content (AvgIpc) is 2.55. The third-order valence-electron chi connectivity index (χ3n) is 2.87. The van der Waals surface area contributed by atoms with Gasteiger partial charge >= 0.3 is 0 Å². The summed E-state index contributed by atoms with van der Waals surface area (Å²) in [5.41, 5.74) is 2.40. The van der Waals surface area contributed by atoms with Crippen molar-refractivity contribution in [2.24, 2.45) is 11.8 Å². The van der Waals surface area contributed by atoms with Crippen LogP contribution in [0, 0.1) is 11.8 Å². The summed E-state index contributed by atoms with van der Waals surface area (Å²) in [7, 11) is 0. The van der Waals surface area contributed by atoms with Gasteiger partial charge in [-0.3, -0.25) is 0 Å². The van der Waals surface area contributed by atoms with Gasteiger partial charge in [0.25, 0.3) is 0 Å². The molecule has 0 saturated carbocycles. The molecule has 1 heterocycles. The van der Waals surface area contributed by atoms with Crippen LogP contribution in [0.5, 0.6) is 0 Å². The van der Waals surface area contributed by atoms with Gasteiger partial charge in [-0.1, -0.05) is 39.8 Å². The first-order valence-corrected chi connectivity index (χ1v) is 6.52. The molecule has 0 radical (unpaired) electrons. The van der Waals surface area contributed by atoms with E-state index in [1.54, 1.807) is 0 Å². The molecule has 0 unspecified atom stereocenters. The summed E-state index contributed by atoms with van der Waals surface area (Å²) in [6.45, 7) is 10.1. The number of imidazole rings is 1. The van der Waals surface area contributed by atoms with Crippen LogP contribution in [0.3, 0.4) is 0 Å². The van der Waals surface area contributed by atoms with E-state index in [1.807, 2.05) is 0 Å². The van der Waals surface area contributed by atoms with E-state index in [0.29, 0.717) is 11.8 Å². The van der Waals surface area contributed by atoms with E-state index in [0.717, 1.165) is 18.5 Å². The third-order valence-corrected chi connectivity index (χ3v) is 2.87. The highest BCUT2D eigenvalue weighted by Gasteiger charge is 2.12. The van der Waals surface area contributed by atoms with E-state index < -0.39 is 0 Å². The molecule has 2 rings (SSSR count). The summed E-state index contributed by atoms with van der Waals surface area (Å²) in [5.74, 6) is 2.53. The van der Waals surface area contributed by atoms with Crippen LogP contribution in [-0.2, 0) is 13.0 Å². The van der Waals surface area contributed by atoms with Crippen LogP contribution in [0.25, 0.3) is 11.0 Å². The Hall–Kier alpha value is -1.31. The Morgan fingerprint density at radius 3 is 2.41 bits per heavy atom. The van der Waals surface area contributed by atoms with Gasteiger partial charge in [0.05, 0.1) is 11.0 Å². The van der Waals surface area contributed by atoms with Crippen molar-refractivity contribution in [1.29, 1.82) is 0 Å². The lowest BCUT2D eigenvalue weighted by atomic mass is 10.1. The van der Waals surface area contributed by atoms with Crippen LogP contribution in [-0.4, -0.2) is 9.55 Å². The Bertz CT molecular complexity index is 495. The lowest BCUT2D eigenvalue weighted by Gasteiger charge is -2.12. The van der Waals surface area contributed by atoms with Crippen LogP contribution in [0.1, 0.15) is 33.5 Å². The molecule has 0 aliphatic heterocycles. The van der Waals surface area contributed by atoms with Gasteiger partial charge in [0.1, 0.15) is 5.82 Å². The SMILES string of the molecule is CC(C)Cc1nc2ccccc2n1CC(C)C. The quantitative estimate of drug-likeness (QED) is 0.779. The minimum absolute atomic E-state index is 0.651. The van der Waals surface area contributed by atoms with Gasteiger partial charge in [-0.05, 0) is 24.0 Å². The zero-order valence-corrected chi connectivity index (χ0v) is 11.3. The lowest BCUT2D eigenvalue weighted by molar-refractivity contribution is 0.499. The van der Waals surface area contributed by atoms with Crippen molar-refractivity contribution in [3.05, 3.63) is 30.1 Å². The van der Waals surface area contributed by atoms with Crippen molar-refractivity contribution < 1.29 is 0 Å². The van der Waals surface area contributed by atoms with Crippen LogP contribution in [0.15, 0.2) is 24.3 Å². The molecule has 0 spiro atoms. The zero-order valence-electron chi connectivity index (χ0n) is 11.3. The highest BCUT2D eigenvalue weighted by atomic mass is 15.1. The number of hydrogen-bond donors (Lipinski definition) is 0. The Morgan fingerprint density at radius 2 is 1.76 bits per heavy atom. The summed E-state index contributed by atoms with van der Waals surface area (Å²) in [5, 5.41) is 0. The first kappa shape index (κ1) is 12.2. The first-order valence-electron chi connectivity index (χ1n) is 6.52. The summed E-state index contributed by atoms with van der Waals surface area (Å²) < 4.78 is 2.39. The molecule has 17 heavy (non-hydrogen) atoms. The van der Waals surface area contributed by atoms with Gasteiger partial charge in [-0.25, -0.2) is 4.98 Å². The molecule has 0 amide bonds. The molecule has 0 atom stereocenters. The number of aromatic nitrogens is 2. The molecular weight excluding hydrogens is 208 g/mol. The molecule has 0 N–H and O–H groups in total. The van der Waals surface area contributed by atoms with Crippen molar-refractivity contribution in [1.82, 2.24) is 9.55 Å². The van der Waals surface area contributed by atoms with Crippen molar-refractivity contribution in [3.8, 4) is 0 Å². The number of nitrogens with zero attached hydrogens (tertiary/aromatic N) is 2. The van der Waals surface area contributed by atoms with Crippen LogP contribution in [0.2, 0.25) is 0 Å². The number of fused-ring (bicyclic) bond motifs is 1. The molecule has 2 nitrogen and oxygen atoms in total. The number of rotatable bonds is 4. The first-order chi connectivity index (χ1) is 8.08. The molecule has 0 saturated heterocycles. The third kappa shape index (κ3) is 2.68. The van der Waals surface area contributed by atoms with E-state index in [9.17, 15) is 0 Å². The summed E-state index contributed by atoms with van der Waals surface area (Å²) in [6.07, 6.45) is 1.06. The Balaban J connectivity index is 2.48. The van der Waals surface area contributed by atoms with E-state index >= 15 is 0 Å². The fourth-order valence-electron chi connectivity index (χ4n) is 2.22. The smallest absolute Gasteiger partial charge is 0.110 e. The molecular formula is C15H22N2. The minimum atomic E-state index is 0.651. The second-order valence-corrected chi connectivity index (χ2v) is 5.62. The molecule has 1 aromatic carbocycles. The predicted molar refractivity (Wildman–Crippen MR) is 73.1 cm³/mol.